The summed E-state index contributed by atoms with van der Waals surface area (Å²) in [5, 5.41) is 4.96. The van der Waals surface area contributed by atoms with Crippen molar-refractivity contribution >= 4 is 17.4 Å². The van der Waals surface area contributed by atoms with Gasteiger partial charge in [-0.05, 0) is 30.5 Å². The highest BCUT2D eigenvalue weighted by Crippen LogP contribution is 2.27. The Hall–Kier alpha value is -2.86. The van der Waals surface area contributed by atoms with Crippen molar-refractivity contribution in [2.24, 2.45) is 0 Å². The Morgan fingerprint density at radius 1 is 1.04 bits per heavy atom. The first-order valence-electron chi connectivity index (χ1n) is 8.36. The molecule has 4 aromatic rings. The van der Waals surface area contributed by atoms with Crippen molar-refractivity contribution in [3.8, 4) is 11.1 Å². The van der Waals surface area contributed by atoms with E-state index in [-0.39, 0.29) is 5.69 Å². The average Bonchev–Trinajstić information content (AvgIpc) is 2.98. The number of rotatable bonds is 4. The van der Waals surface area contributed by atoms with Crippen LogP contribution in [0.5, 0.6) is 0 Å². The molecule has 0 aliphatic heterocycles. The fourth-order valence-corrected chi connectivity index (χ4v) is 3.88. The van der Waals surface area contributed by atoms with Crippen LogP contribution in [-0.2, 0) is 5.75 Å². The molecule has 130 valence electrons. The molecule has 0 fully saturated rings. The molecule has 5 nitrogen and oxygen atoms in total. The van der Waals surface area contributed by atoms with Gasteiger partial charge < -0.3 is 0 Å². The average molecular weight is 362 g/mol. The summed E-state index contributed by atoms with van der Waals surface area (Å²) in [5.41, 5.74) is 5.47. The number of aryl methyl sites for hydroxylation is 2. The topological polar surface area (TPSA) is 63.1 Å². The summed E-state index contributed by atoms with van der Waals surface area (Å²) < 4.78 is 1.34. The van der Waals surface area contributed by atoms with Gasteiger partial charge >= 0.3 is 5.69 Å². The number of aromatic amines is 1. The minimum Gasteiger partial charge on any atom is -0.285 e. The second kappa shape index (κ2) is 6.80. The van der Waals surface area contributed by atoms with Gasteiger partial charge in [0.05, 0.1) is 5.69 Å². The largest absolute Gasteiger partial charge is 0.350 e. The predicted octanol–water partition coefficient (Wildman–Crippen LogP) is 3.99. The third-order valence-corrected chi connectivity index (χ3v) is 5.26. The number of H-pyrrole nitrogens is 1. The van der Waals surface area contributed by atoms with Gasteiger partial charge in [-0.15, -0.1) is 0 Å². The third kappa shape index (κ3) is 3.04. The number of nitrogens with one attached hydrogen (secondary N) is 1. The molecule has 0 saturated heterocycles. The Morgan fingerprint density at radius 3 is 2.54 bits per heavy atom. The molecule has 4 rings (SSSR count). The van der Waals surface area contributed by atoms with E-state index in [9.17, 15) is 4.79 Å². The summed E-state index contributed by atoms with van der Waals surface area (Å²) in [7, 11) is 0. The van der Waals surface area contributed by atoms with E-state index in [2.05, 4.69) is 34.1 Å². The van der Waals surface area contributed by atoms with E-state index < -0.39 is 0 Å². The zero-order valence-corrected chi connectivity index (χ0v) is 15.4. The highest BCUT2D eigenvalue weighted by atomic mass is 32.2. The molecule has 2 aromatic carbocycles. The summed E-state index contributed by atoms with van der Waals surface area (Å²) in [6.07, 6.45) is 0. The first-order valence-corrected chi connectivity index (χ1v) is 9.34. The van der Waals surface area contributed by atoms with Gasteiger partial charge in [0.2, 0.25) is 0 Å². The van der Waals surface area contributed by atoms with E-state index in [1.54, 1.807) is 0 Å². The molecule has 1 N–H and O–H groups in total. The van der Waals surface area contributed by atoms with Crippen molar-refractivity contribution in [1.29, 1.82) is 0 Å². The molecule has 0 atom stereocenters. The molecular formula is C20H18N4OS. The van der Waals surface area contributed by atoms with Crippen molar-refractivity contribution in [3.05, 3.63) is 81.9 Å². The summed E-state index contributed by atoms with van der Waals surface area (Å²) in [6, 6.07) is 18.2. The van der Waals surface area contributed by atoms with Crippen LogP contribution >= 0.6 is 11.8 Å². The number of hydrogen-bond acceptors (Lipinski definition) is 4. The maximum atomic E-state index is 12.5. The summed E-state index contributed by atoms with van der Waals surface area (Å²) >= 11 is 1.52. The number of hydrogen-bond donors (Lipinski definition) is 1. The van der Waals surface area contributed by atoms with Crippen LogP contribution in [-0.4, -0.2) is 19.6 Å². The molecule has 26 heavy (non-hydrogen) atoms. The summed E-state index contributed by atoms with van der Waals surface area (Å²) in [6.45, 7) is 3.99. The molecule has 0 radical (unpaired) electrons. The molecule has 0 amide bonds. The van der Waals surface area contributed by atoms with E-state index in [0.717, 1.165) is 22.6 Å². The molecule has 0 aliphatic rings. The van der Waals surface area contributed by atoms with Crippen molar-refractivity contribution < 1.29 is 0 Å². The standard InChI is InChI=1S/C20H18N4OS/c1-13-8-6-7-11-16(13)12-26-19-21-18-17(15-9-4-3-5-10-15)14(2)23-24(18)20(25)22-19/h3-11H,12H2,1-2H3,(H,21,22,25). The zero-order chi connectivity index (χ0) is 18.1. The number of fused-ring (bicyclic) bond motifs is 1. The molecule has 0 saturated carbocycles. The molecular weight excluding hydrogens is 344 g/mol. The zero-order valence-electron chi connectivity index (χ0n) is 14.6. The lowest BCUT2D eigenvalue weighted by Crippen LogP contribution is -2.19. The first kappa shape index (κ1) is 16.6. The van der Waals surface area contributed by atoms with Crippen LogP contribution in [0.1, 0.15) is 16.8 Å². The molecule has 0 unspecified atom stereocenters. The van der Waals surface area contributed by atoms with Gasteiger partial charge in [-0.1, -0.05) is 66.4 Å². The first-order chi connectivity index (χ1) is 12.6. The Balaban J connectivity index is 1.76. The lowest BCUT2D eigenvalue weighted by atomic mass is 10.1. The fraction of sp³-hybridized carbons (Fsp3) is 0.150. The minimum atomic E-state index is -0.271. The normalized spacial score (nSPS) is 11.2. The lowest BCUT2D eigenvalue weighted by Gasteiger charge is -2.05. The predicted molar refractivity (Wildman–Crippen MR) is 105 cm³/mol. The van der Waals surface area contributed by atoms with Crippen LogP contribution in [0.2, 0.25) is 0 Å². The van der Waals surface area contributed by atoms with E-state index in [4.69, 9.17) is 0 Å². The quantitative estimate of drug-likeness (QED) is 0.558. The van der Waals surface area contributed by atoms with Crippen LogP contribution in [0.4, 0.5) is 0 Å². The lowest BCUT2D eigenvalue weighted by molar-refractivity contribution is 0.779. The van der Waals surface area contributed by atoms with Gasteiger partial charge in [-0.25, -0.2) is 9.78 Å². The maximum Gasteiger partial charge on any atom is 0.350 e. The Kier molecular flexibility index (Phi) is 4.34. The number of benzene rings is 2. The van der Waals surface area contributed by atoms with Gasteiger partial charge in [0, 0.05) is 11.3 Å². The van der Waals surface area contributed by atoms with Crippen LogP contribution < -0.4 is 5.69 Å². The monoisotopic (exact) mass is 362 g/mol. The second-order valence-electron chi connectivity index (χ2n) is 6.12. The Bertz CT molecular complexity index is 1130. The molecule has 2 aromatic heterocycles. The van der Waals surface area contributed by atoms with E-state index in [0.29, 0.717) is 10.8 Å². The van der Waals surface area contributed by atoms with E-state index in [1.165, 1.54) is 27.4 Å². The van der Waals surface area contributed by atoms with Crippen LogP contribution in [0.25, 0.3) is 16.8 Å². The van der Waals surface area contributed by atoms with Crippen molar-refractivity contribution in [3.63, 3.8) is 0 Å². The van der Waals surface area contributed by atoms with Crippen molar-refractivity contribution in [1.82, 2.24) is 19.6 Å². The van der Waals surface area contributed by atoms with Gasteiger partial charge in [-0.3, -0.25) is 4.98 Å². The third-order valence-electron chi connectivity index (χ3n) is 4.34. The summed E-state index contributed by atoms with van der Waals surface area (Å²) in [5.74, 6) is 0.750. The maximum absolute atomic E-state index is 12.5. The second-order valence-corrected chi connectivity index (χ2v) is 7.09. The molecule has 0 spiro atoms. The van der Waals surface area contributed by atoms with Gasteiger partial charge in [0.25, 0.3) is 0 Å². The smallest absolute Gasteiger partial charge is 0.285 e. The van der Waals surface area contributed by atoms with Gasteiger partial charge in [0.15, 0.2) is 10.8 Å². The van der Waals surface area contributed by atoms with Crippen LogP contribution in [0, 0.1) is 13.8 Å². The minimum absolute atomic E-state index is 0.271. The van der Waals surface area contributed by atoms with E-state index in [1.807, 2.05) is 49.4 Å². The molecule has 0 aliphatic carbocycles. The highest BCUT2D eigenvalue weighted by Gasteiger charge is 2.16. The molecule has 2 heterocycles. The van der Waals surface area contributed by atoms with Crippen LogP contribution in [0.15, 0.2) is 64.5 Å². The Labute approximate surface area is 155 Å². The molecule has 0 bridgehead atoms. The van der Waals surface area contributed by atoms with Crippen molar-refractivity contribution in [2.75, 3.05) is 0 Å². The number of aromatic nitrogens is 4. The van der Waals surface area contributed by atoms with Crippen LogP contribution in [0.3, 0.4) is 0 Å². The molecule has 6 heteroatoms. The highest BCUT2D eigenvalue weighted by molar-refractivity contribution is 7.98. The van der Waals surface area contributed by atoms with Gasteiger partial charge in [-0.2, -0.15) is 9.61 Å². The fourth-order valence-electron chi connectivity index (χ4n) is 2.96. The SMILES string of the molecule is Cc1ccccc1CSc1nc2c(-c3ccccc3)c(C)nn2c(=O)[nH]1. The number of thioether (sulfide) groups is 1. The van der Waals surface area contributed by atoms with Crippen molar-refractivity contribution in [2.45, 2.75) is 24.8 Å². The Morgan fingerprint density at radius 2 is 1.77 bits per heavy atom. The summed E-state index contributed by atoms with van der Waals surface area (Å²) in [4.78, 5) is 20.0. The van der Waals surface area contributed by atoms with Gasteiger partial charge in [0.1, 0.15) is 0 Å². The number of nitrogens with zero attached hydrogens (tertiary/aromatic N) is 3. The van der Waals surface area contributed by atoms with E-state index >= 15 is 0 Å².